The van der Waals surface area contributed by atoms with Crippen LogP contribution in [0.25, 0.3) is 11.0 Å². The summed E-state index contributed by atoms with van der Waals surface area (Å²) < 4.78 is 11.3. The largest absolute Gasteiger partial charge is 0.467 e. The zero-order valence-corrected chi connectivity index (χ0v) is 17.8. The number of para-hydroxylation sites is 2. The molecule has 0 fully saturated rings. The lowest BCUT2D eigenvalue weighted by molar-refractivity contribution is 0.0830. The van der Waals surface area contributed by atoms with Crippen molar-refractivity contribution in [2.45, 2.75) is 32.9 Å². The maximum Gasteiger partial charge on any atom is 0.305 e. The molecule has 1 aliphatic heterocycles. The number of benzene rings is 2. The first kappa shape index (κ1) is 19.9. The molecule has 2 aromatic carbocycles. The molecule has 7 nitrogen and oxygen atoms in total. The first-order valence-electron chi connectivity index (χ1n) is 10.5. The van der Waals surface area contributed by atoms with Crippen LogP contribution in [0.3, 0.4) is 0 Å². The number of furan rings is 2. The van der Waals surface area contributed by atoms with Crippen molar-refractivity contribution in [3.05, 3.63) is 89.1 Å². The second kappa shape index (κ2) is 7.92. The lowest BCUT2D eigenvalue weighted by Gasteiger charge is -2.24. The number of hydrogen-bond acceptors (Lipinski definition) is 5. The van der Waals surface area contributed by atoms with Crippen LogP contribution in [0.15, 0.2) is 69.7 Å². The number of anilines is 1. The lowest BCUT2D eigenvalue weighted by Crippen LogP contribution is -2.42. The molecule has 1 unspecified atom stereocenters. The minimum atomic E-state index is -0.515. The summed E-state index contributed by atoms with van der Waals surface area (Å²) in [5.74, 6) is -0.253. The van der Waals surface area contributed by atoms with Crippen molar-refractivity contribution in [3.8, 4) is 0 Å². The maximum atomic E-state index is 12.8. The van der Waals surface area contributed by atoms with E-state index in [1.807, 2.05) is 37.3 Å². The fourth-order valence-electron chi connectivity index (χ4n) is 4.32. The molecular weight excluding hydrogens is 406 g/mol. The number of aryl methyl sites for hydroxylation is 1. The molecule has 0 bridgehead atoms. The summed E-state index contributed by atoms with van der Waals surface area (Å²) in [5, 5.41) is 0.862. The summed E-state index contributed by atoms with van der Waals surface area (Å²) in [6.45, 7) is 4.43. The van der Waals surface area contributed by atoms with Gasteiger partial charge >= 0.3 is 5.91 Å². The van der Waals surface area contributed by atoms with Crippen LogP contribution in [0.1, 0.15) is 44.7 Å². The number of nitrogens with zero attached hydrogens (tertiary/aromatic N) is 1. The Balaban J connectivity index is 1.29. The number of hydrazine groups is 1. The van der Waals surface area contributed by atoms with Gasteiger partial charge in [0.1, 0.15) is 11.3 Å². The molecule has 162 valence electrons. The molecule has 0 aliphatic carbocycles. The van der Waals surface area contributed by atoms with Crippen LogP contribution in [0.4, 0.5) is 5.69 Å². The lowest BCUT2D eigenvalue weighted by atomic mass is 10.1. The first-order chi connectivity index (χ1) is 15.5. The summed E-state index contributed by atoms with van der Waals surface area (Å²) >= 11 is 0. The van der Waals surface area contributed by atoms with Crippen molar-refractivity contribution >= 4 is 28.5 Å². The molecule has 2 amide bonds. The minimum absolute atomic E-state index is 0.168. The molecule has 0 radical (unpaired) electrons. The van der Waals surface area contributed by atoms with Crippen LogP contribution >= 0.6 is 0 Å². The number of carbonyl (C=O) groups is 2. The van der Waals surface area contributed by atoms with Gasteiger partial charge in [-0.25, -0.2) is 0 Å². The Morgan fingerprint density at radius 2 is 1.78 bits per heavy atom. The van der Waals surface area contributed by atoms with E-state index in [1.54, 1.807) is 12.1 Å². The van der Waals surface area contributed by atoms with Gasteiger partial charge < -0.3 is 13.7 Å². The monoisotopic (exact) mass is 429 g/mol. The van der Waals surface area contributed by atoms with E-state index >= 15 is 0 Å². The molecule has 1 aliphatic rings. The number of nitrogens with one attached hydrogen (secondary N) is 2. The predicted octanol–water partition coefficient (Wildman–Crippen LogP) is 4.36. The average Bonchev–Trinajstić information content (AvgIpc) is 3.49. The summed E-state index contributed by atoms with van der Waals surface area (Å²) in [6, 6.07) is 17.6. The quantitative estimate of drug-likeness (QED) is 0.471. The molecule has 0 saturated carbocycles. The van der Waals surface area contributed by atoms with Crippen molar-refractivity contribution in [2.75, 3.05) is 4.90 Å². The van der Waals surface area contributed by atoms with Gasteiger partial charge in [0.25, 0.3) is 5.91 Å². The summed E-state index contributed by atoms with van der Waals surface area (Å²) in [4.78, 5) is 27.6. The second-order valence-electron chi connectivity index (χ2n) is 8.03. The van der Waals surface area contributed by atoms with Gasteiger partial charge in [0.2, 0.25) is 0 Å². The molecule has 5 rings (SSSR count). The van der Waals surface area contributed by atoms with Crippen molar-refractivity contribution < 1.29 is 18.4 Å². The molecular formula is C25H23N3O4. The number of amides is 2. The third kappa shape index (κ3) is 3.41. The highest BCUT2D eigenvalue weighted by molar-refractivity contribution is 6.01. The van der Waals surface area contributed by atoms with E-state index in [9.17, 15) is 9.59 Å². The topological polar surface area (TPSA) is 87.7 Å². The van der Waals surface area contributed by atoms with Crippen LogP contribution in [-0.2, 0) is 13.0 Å². The fourth-order valence-corrected chi connectivity index (χ4v) is 4.32. The Bertz CT molecular complexity index is 1320. The minimum Gasteiger partial charge on any atom is -0.467 e. The van der Waals surface area contributed by atoms with Gasteiger partial charge in [0.15, 0.2) is 5.76 Å². The van der Waals surface area contributed by atoms with E-state index in [-0.39, 0.29) is 5.76 Å². The molecule has 2 N–H and O–H groups in total. The molecule has 0 spiro atoms. The Morgan fingerprint density at radius 1 is 1.03 bits per heavy atom. The van der Waals surface area contributed by atoms with Crippen molar-refractivity contribution in [1.29, 1.82) is 0 Å². The number of carbonyl (C=O) groups excluding carboxylic acids is 2. The van der Waals surface area contributed by atoms with E-state index in [2.05, 4.69) is 34.8 Å². The molecule has 7 heteroatoms. The number of rotatable bonds is 4. The molecule has 0 saturated heterocycles. The van der Waals surface area contributed by atoms with Gasteiger partial charge in [-0.05, 0) is 44.0 Å². The second-order valence-corrected chi connectivity index (χ2v) is 8.03. The van der Waals surface area contributed by atoms with Crippen molar-refractivity contribution in [3.63, 3.8) is 0 Å². The highest BCUT2D eigenvalue weighted by Crippen LogP contribution is 2.33. The molecule has 2 aromatic heterocycles. The third-order valence-corrected chi connectivity index (χ3v) is 5.99. The van der Waals surface area contributed by atoms with Gasteiger partial charge in [0.05, 0.1) is 18.4 Å². The van der Waals surface area contributed by atoms with E-state index in [0.717, 1.165) is 23.1 Å². The van der Waals surface area contributed by atoms with Crippen molar-refractivity contribution in [2.24, 2.45) is 0 Å². The molecule has 32 heavy (non-hydrogen) atoms. The van der Waals surface area contributed by atoms with Crippen molar-refractivity contribution in [1.82, 2.24) is 10.9 Å². The predicted molar refractivity (Wildman–Crippen MR) is 120 cm³/mol. The number of hydrogen-bond donors (Lipinski definition) is 2. The smallest absolute Gasteiger partial charge is 0.305 e. The van der Waals surface area contributed by atoms with Crippen LogP contribution in [0.5, 0.6) is 0 Å². The van der Waals surface area contributed by atoms with E-state index in [1.165, 1.54) is 11.8 Å². The van der Waals surface area contributed by atoms with Crippen LogP contribution in [0.2, 0.25) is 0 Å². The average molecular weight is 429 g/mol. The van der Waals surface area contributed by atoms with Crippen LogP contribution < -0.4 is 15.8 Å². The van der Waals surface area contributed by atoms with E-state index < -0.39 is 11.8 Å². The molecule has 4 aromatic rings. The normalized spacial score (nSPS) is 15.1. The van der Waals surface area contributed by atoms with Crippen LogP contribution in [0, 0.1) is 6.92 Å². The first-order valence-corrected chi connectivity index (χ1v) is 10.5. The summed E-state index contributed by atoms with van der Waals surface area (Å²) in [7, 11) is 0. The third-order valence-electron chi connectivity index (χ3n) is 5.99. The maximum absolute atomic E-state index is 12.8. The zero-order chi connectivity index (χ0) is 22.2. The van der Waals surface area contributed by atoms with Gasteiger partial charge in [-0.15, -0.1) is 0 Å². The Labute approximate surface area is 185 Å². The summed E-state index contributed by atoms with van der Waals surface area (Å²) in [5.41, 5.74) is 9.08. The standard InChI is InChI=1S/C25H23N3O4/c1-15-13-17-7-3-5-9-20(17)28(15)14-22-19(11-12-31-22)24(29)26-27-25(30)23-16(2)18-8-4-6-10-21(18)32-23/h3-12,15H,13-14H2,1-2H3,(H,26,29)(H,27,30). The number of fused-ring (bicyclic) bond motifs is 2. The molecule has 1 atom stereocenters. The van der Waals surface area contributed by atoms with Crippen LogP contribution in [-0.4, -0.2) is 17.9 Å². The Morgan fingerprint density at radius 3 is 2.62 bits per heavy atom. The zero-order valence-electron chi connectivity index (χ0n) is 17.8. The van der Waals surface area contributed by atoms with Gasteiger partial charge in [-0.3, -0.25) is 20.4 Å². The Hall–Kier alpha value is -4.00. The molecule has 3 heterocycles. The van der Waals surface area contributed by atoms with E-state index in [4.69, 9.17) is 8.83 Å². The van der Waals surface area contributed by atoms with Gasteiger partial charge in [-0.1, -0.05) is 36.4 Å². The van der Waals surface area contributed by atoms with Gasteiger partial charge in [-0.2, -0.15) is 0 Å². The summed E-state index contributed by atoms with van der Waals surface area (Å²) in [6.07, 6.45) is 2.44. The highest BCUT2D eigenvalue weighted by Gasteiger charge is 2.28. The van der Waals surface area contributed by atoms with E-state index in [0.29, 0.717) is 29.5 Å². The van der Waals surface area contributed by atoms with Gasteiger partial charge in [0, 0.05) is 22.7 Å². The fraction of sp³-hybridized carbons (Fsp3) is 0.200. The highest BCUT2D eigenvalue weighted by atomic mass is 16.3. The Kier molecular flexibility index (Phi) is 4.93. The SMILES string of the molecule is Cc1c(C(=O)NNC(=O)c2ccoc2CN2c3ccccc3CC2C)oc2ccccc12.